The zero-order chi connectivity index (χ0) is 22.8. The van der Waals surface area contributed by atoms with Crippen molar-refractivity contribution in [2.24, 2.45) is 11.8 Å². The highest BCUT2D eigenvalue weighted by Gasteiger charge is 2.40. The monoisotopic (exact) mass is 442 g/mol. The summed E-state index contributed by atoms with van der Waals surface area (Å²) < 4.78 is 0. The average molecular weight is 443 g/mol. The van der Waals surface area contributed by atoms with Crippen molar-refractivity contribution in [3.05, 3.63) is 71.8 Å². The molecule has 2 aromatic carbocycles. The standard InChI is InChI=1S/C28H30N2O3/c31-24(29-17-15-20-9-7-8-14-23(20)19-29)16-18-30-27(32)25(21-10-3-1-4-11-21)26(28(30)33)22-12-5-2-6-13-22/h1-6,10-13,20,23H,7-9,14-19H2. The molecule has 0 radical (unpaired) electrons. The number of likely N-dealkylation sites (tertiary alicyclic amines) is 1. The number of hydrogen-bond acceptors (Lipinski definition) is 3. The molecular formula is C28H30N2O3. The first-order chi connectivity index (χ1) is 16.1. The molecule has 33 heavy (non-hydrogen) atoms. The molecule has 2 aliphatic heterocycles. The minimum atomic E-state index is -0.316. The van der Waals surface area contributed by atoms with Crippen LogP contribution in [0, 0.1) is 11.8 Å². The number of carbonyl (C=O) groups excluding carboxylic acids is 3. The molecule has 2 heterocycles. The van der Waals surface area contributed by atoms with Gasteiger partial charge in [-0.25, -0.2) is 0 Å². The van der Waals surface area contributed by atoms with E-state index in [1.165, 1.54) is 30.6 Å². The van der Waals surface area contributed by atoms with Crippen molar-refractivity contribution in [1.29, 1.82) is 0 Å². The molecule has 0 N–H and O–H groups in total. The summed E-state index contributed by atoms with van der Waals surface area (Å²) >= 11 is 0. The van der Waals surface area contributed by atoms with Crippen LogP contribution in [0.4, 0.5) is 0 Å². The fraction of sp³-hybridized carbons (Fsp3) is 0.393. The molecule has 3 aliphatic rings. The summed E-state index contributed by atoms with van der Waals surface area (Å²) in [7, 11) is 0. The number of imide groups is 1. The number of fused-ring (bicyclic) bond motifs is 1. The zero-order valence-corrected chi connectivity index (χ0v) is 18.9. The maximum Gasteiger partial charge on any atom is 0.262 e. The predicted octanol–water partition coefficient (Wildman–Crippen LogP) is 4.40. The molecule has 2 aromatic rings. The highest BCUT2D eigenvalue weighted by molar-refractivity contribution is 6.49. The second-order valence-electron chi connectivity index (χ2n) is 9.43. The van der Waals surface area contributed by atoms with Gasteiger partial charge in [0.1, 0.15) is 0 Å². The number of amides is 3. The van der Waals surface area contributed by atoms with Gasteiger partial charge in [-0.3, -0.25) is 19.3 Å². The second kappa shape index (κ2) is 9.34. The van der Waals surface area contributed by atoms with Crippen molar-refractivity contribution in [3.8, 4) is 0 Å². The van der Waals surface area contributed by atoms with Crippen LogP contribution in [0.3, 0.4) is 0 Å². The minimum Gasteiger partial charge on any atom is -0.342 e. The topological polar surface area (TPSA) is 57.7 Å². The van der Waals surface area contributed by atoms with Gasteiger partial charge in [-0.05, 0) is 35.8 Å². The van der Waals surface area contributed by atoms with Gasteiger partial charge in [-0.1, -0.05) is 79.9 Å². The number of nitrogens with zero attached hydrogens (tertiary/aromatic N) is 2. The molecule has 2 fully saturated rings. The quantitative estimate of drug-likeness (QED) is 0.645. The Morgan fingerprint density at radius 1 is 0.758 bits per heavy atom. The molecule has 5 heteroatoms. The molecule has 1 saturated carbocycles. The van der Waals surface area contributed by atoms with Gasteiger partial charge in [0, 0.05) is 26.1 Å². The van der Waals surface area contributed by atoms with Gasteiger partial charge in [-0.2, -0.15) is 0 Å². The Hall–Kier alpha value is -3.21. The molecule has 2 unspecified atom stereocenters. The smallest absolute Gasteiger partial charge is 0.262 e. The number of hydrogen-bond donors (Lipinski definition) is 0. The normalized spacial score (nSPS) is 23.2. The summed E-state index contributed by atoms with van der Waals surface area (Å²) in [5.74, 6) is 0.792. The summed E-state index contributed by atoms with van der Waals surface area (Å²) in [5.41, 5.74) is 2.29. The lowest BCUT2D eigenvalue weighted by Crippen LogP contribution is -2.46. The summed E-state index contributed by atoms with van der Waals surface area (Å²) in [6, 6.07) is 18.7. The van der Waals surface area contributed by atoms with Crippen molar-refractivity contribution >= 4 is 28.9 Å². The van der Waals surface area contributed by atoms with Gasteiger partial charge >= 0.3 is 0 Å². The van der Waals surface area contributed by atoms with Crippen molar-refractivity contribution in [2.45, 2.75) is 38.5 Å². The van der Waals surface area contributed by atoms with E-state index in [2.05, 4.69) is 0 Å². The van der Waals surface area contributed by atoms with E-state index in [0.29, 0.717) is 17.1 Å². The van der Waals surface area contributed by atoms with Gasteiger partial charge in [-0.15, -0.1) is 0 Å². The van der Waals surface area contributed by atoms with Crippen molar-refractivity contribution in [1.82, 2.24) is 9.80 Å². The minimum absolute atomic E-state index is 0.0500. The Balaban J connectivity index is 1.32. The Labute approximate surface area is 195 Å². The maximum atomic E-state index is 13.4. The summed E-state index contributed by atoms with van der Waals surface area (Å²) in [5, 5.41) is 0. The van der Waals surface area contributed by atoms with E-state index in [9.17, 15) is 14.4 Å². The van der Waals surface area contributed by atoms with Crippen molar-refractivity contribution < 1.29 is 14.4 Å². The van der Waals surface area contributed by atoms with E-state index in [1.807, 2.05) is 65.6 Å². The maximum absolute atomic E-state index is 13.4. The summed E-state index contributed by atoms with van der Waals surface area (Å²) in [6.07, 6.45) is 6.34. The molecule has 2 atom stereocenters. The lowest BCUT2D eigenvalue weighted by molar-refractivity contribution is -0.138. The Morgan fingerprint density at radius 3 is 1.88 bits per heavy atom. The van der Waals surface area contributed by atoms with Gasteiger partial charge in [0.15, 0.2) is 0 Å². The van der Waals surface area contributed by atoms with Crippen LogP contribution < -0.4 is 0 Å². The van der Waals surface area contributed by atoms with Crippen LogP contribution in [0.15, 0.2) is 60.7 Å². The molecule has 3 amide bonds. The second-order valence-corrected chi connectivity index (χ2v) is 9.43. The van der Waals surface area contributed by atoms with Gasteiger partial charge < -0.3 is 4.90 Å². The van der Waals surface area contributed by atoms with E-state index < -0.39 is 0 Å². The van der Waals surface area contributed by atoms with Gasteiger partial charge in [0.25, 0.3) is 11.8 Å². The van der Waals surface area contributed by atoms with Crippen LogP contribution in [-0.2, 0) is 14.4 Å². The molecule has 170 valence electrons. The molecule has 0 bridgehead atoms. The SMILES string of the molecule is O=C(CCN1C(=O)C(c2ccccc2)=C(c2ccccc2)C1=O)N1CCC2CCCCC2C1. The molecule has 5 rings (SSSR count). The molecular weight excluding hydrogens is 412 g/mol. The first-order valence-corrected chi connectivity index (χ1v) is 12.1. The zero-order valence-electron chi connectivity index (χ0n) is 18.9. The fourth-order valence-electron chi connectivity index (χ4n) is 5.72. The van der Waals surface area contributed by atoms with Crippen LogP contribution in [0.5, 0.6) is 0 Å². The van der Waals surface area contributed by atoms with E-state index in [4.69, 9.17) is 0 Å². The molecule has 0 aromatic heterocycles. The predicted molar refractivity (Wildman–Crippen MR) is 128 cm³/mol. The highest BCUT2D eigenvalue weighted by atomic mass is 16.2. The Bertz CT molecular complexity index is 1020. The number of carbonyl (C=O) groups is 3. The van der Waals surface area contributed by atoms with E-state index in [0.717, 1.165) is 36.6 Å². The van der Waals surface area contributed by atoms with Crippen LogP contribution in [0.25, 0.3) is 11.1 Å². The van der Waals surface area contributed by atoms with Crippen LogP contribution in [0.2, 0.25) is 0 Å². The lowest BCUT2D eigenvalue weighted by atomic mass is 9.75. The third-order valence-electron chi connectivity index (χ3n) is 7.49. The lowest BCUT2D eigenvalue weighted by Gasteiger charge is -2.41. The van der Waals surface area contributed by atoms with Crippen LogP contribution in [0.1, 0.15) is 49.7 Å². The van der Waals surface area contributed by atoms with E-state index in [1.54, 1.807) is 0 Å². The van der Waals surface area contributed by atoms with Crippen molar-refractivity contribution in [3.63, 3.8) is 0 Å². The molecule has 5 nitrogen and oxygen atoms in total. The van der Waals surface area contributed by atoms with Crippen LogP contribution >= 0.6 is 0 Å². The number of piperidine rings is 1. The molecule has 1 saturated heterocycles. The Morgan fingerprint density at radius 2 is 1.30 bits per heavy atom. The average Bonchev–Trinajstić information content (AvgIpc) is 3.12. The summed E-state index contributed by atoms with van der Waals surface area (Å²) in [4.78, 5) is 43.0. The largest absolute Gasteiger partial charge is 0.342 e. The van der Waals surface area contributed by atoms with Gasteiger partial charge in [0.05, 0.1) is 11.1 Å². The van der Waals surface area contributed by atoms with E-state index >= 15 is 0 Å². The molecule has 1 aliphatic carbocycles. The fourth-order valence-corrected chi connectivity index (χ4v) is 5.72. The Kier molecular flexibility index (Phi) is 6.12. The third-order valence-corrected chi connectivity index (χ3v) is 7.49. The molecule has 0 spiro atoms. The summed E-state index contributed by atoms with van der Waals surface area (Å²) in [6.45, 7) is 1.74. The van der Waals surface area contributed by atoms with Gasteiger partial charge in [0.2, 0.25) is 5.91 Å². The first-order valence-electron chi connectivity index (χ1n) is 12.1. The van der Waals surface area contributed by atoms with Crippen molar-refractivity contribution in [2.75, 3.05) is 19.6 Å². The third kappa shape index (κ3) is 4.24. The van der Waals surface area contributed by atoms with Crippen LogP contribution in [-0.4, -0.2) is 47.2 Å². The first kappa shape index (κ1) is 21.6. The van der Waals surface area contributed by atoms with E-state index in [-0.39, 0.29) is 30.7 Å². The highest BCUT2D eigenvalue weighted by Crippen LogP contribution is 2.37. The number of benzene rings is 2. The number of rotatable bonds is 5.